The van der Waals surface area contributed by atoms with Crippen molar-refractivity contribution in [3.63, 3.8) is 0 Å². The number of rotatable bonds is 3. The van der Waals surface area contributed by atoms with Crippen LogP contribution in [0.5, 0.6) is 0 Å². The molecule has 0 fully saturated rings. The fraction of sp³-hybridized carbons (Fsp3) is 0.353. The third-order valence-corrected chi connectivity index (χ3v) is 6.49. The fourth-order valence-corrected chi connectivity index (χ4v) is 5.02. The van der Waals surface area contributed by atoms with E-state index in [0.717, 1.165) is 5.69 Å². The van der Waals surface area contributed by atoms with Crippen molar-refractivity contribution in [2.45, 2.75) is 38.3 Å². The predicted molar refractivity (Wildman–Crippen MR) is 92.2 cm³/mol. The van der Waals surface area contributed by atoms with Crippen molar-refractivity contribution in [1.29, 1.82) is 0 Å². The monoisotopic (exact) mass is 347 g/mol. The molecule has 128 valence electrons. The Morgan fingerprint density at radius 1 is 1.25 bits per heavy atom. The van der Waals surface area contributed by atoms with Crippen LogP contribution >= 0.6 is 0 Å². The van der Waals surface area contributed by atoms with Crippen molar-refractivity contribution in [2.75, 3.05) is 11.9 Å². The van der Waals surface area contributed by atoms with E-state index in [-0.39, 0.29) is 16.8 Å². The van der Waals surface area contributed by atoms with Crippen LogP contribution in [0, 0.1) is 6.92 Å². The molecule has 2 heterocycles. The molecule has 0 bridgehead atoms. The summed E-state index contributed by atoms with van der Waals surface area (Å²) >= 11 is 0. The SMILES string of the molecule is CC(=O)Nc1ccc(C)c(S(=O)(=O)N2CCn3cccc3[C@@H]2C)c1. The summed E-state index contributed by atoms with van der Waals surface area (Å²) in [6, 6.07) is 8.61. The Balaban J connectivity index is 2.01. The standard InChI is InChI=1S/C17H21N3O3S/c1-12-6-7-15(18-14(3)21)11-17(12)24(22,23)20-10-9-19-8-4-5-16(19)13(20)2/h4-8,11,13H,9-10H2,1-3H3,(H,18,21)/t13-/m0/s1. The number of aromatic nitrogens is 1. The summed E-state index contributed by atoms with van der Waals surface area (Å²) in [5.74, 6) is -0.230. The Kier molecular flexibility index (Phi) is 4.23. The van der Waals surface area contributed by atoms with E-state index in [2.05, 4.69) is 9.88 Å². The van der Waals surface area contributed by atoms with Gasteiger partial charge in [0, 0.05) is 37.6 Å². The van der Waals surface area contributed by atoms with E-state index < -0.39 is 10.0 Å². The molecule has 3 rings (SSSR count). The van der Waals surface area contributed by atoms with E-state index in [9.17, 15) is 13.2 Å². The maximum Gasteiger partial charge on any atom is 0.244 e. The summed E-state index contributed by atoms with van der Waals surface area (Å²) in [5.41, 5.74) is 2.14. The van der Waals surface area contributed by atoms with Crippen molar-refractivity contribution >= 4 is 21.6 Å². The number of hydrogen-bond acceptors (Lipinski definition) is 3. The number of carbonyl (C=O) groups is 1. The topological polar surface area (TPSA) is 71.4 Å². The Morgan fingerprint density at radius 2 is 2.00 bits per heavy atom. The summed E-state index contributed by atoms with van der Waals surface area (Å²) < 4.78 is 30.0. The summed E-state index contributed by atoms with van der Waals surface area (Å²) in [6.45, 7) is 6.12. The first-order chi connectivity index (χ1) is 11.3. The van der Waals surface area contributed by atoms with Gasteiger partial charge in [0.1, 0.15) is 0 Å². The molecule has 7 heteroatoms. The minimum atomic E-state index is -3.65. The van der Waals surface area contributed by atoms with Gasteiger partial charge in [-0.1, -0.05) is 6.07 Å². The molecule has 1 N–H and O–H groups in total. The quantitative estimate of drug-likeness (QED) is 0.927. The highest BCUT2D eigenvalue weighted by atomic mass is 32.2. The van der Waals surface area contributed by atoms with E-state index in [4.69, 9.17) is 0 Å². The molecule has 1 aromatic carbocycles. The van der Waals surface area contributed by atoms with Gasteiger partial charge >= 0.3 is 0 Å². The third kappa shape index (κ3) is 2.85. The average Bonchev–Trinajstić information content (AvgIpc) is 2.98. The van der Waals surface area contributed by atoms with Gasteiger partial charge in [0.2, 0.25) is 15.9 Å². The van der Waals surface area contributed by atoms with Crippen LogP contribution < -0.4 is 5.32 Å². The largest absolute Gasteiger partial charge is 0.349 e. The van der Waals surface area contributed by atoms with Gasteiger partial charge in [0.15, 0.2) is 0 Å². The van der Waals surface area contributed by atoms with E-state index in [1.54, 1.807) is 19.1 Å². The summed E-state index contributed by atoms with van der Waals surface area (Å²) in [5, 5.41) is 2.64. The van der Waals surface area contributed by atoms with Crippen molar-refractivity contribution in [1.82, 2.24) is 8.87 Å². The Hall–Kier alpha value is -2.12. The zero-order valence-corrected chi connectivity index (χ0v) is 14.8. The molecule has 1 amide bonds. The van der Waals surface area contributed by atoms with Gasteiger partial charge in [-0.2, -0.15) is 4.31 Å². The zero-order valence-electron chi connectivity index (χ0n) is 14.0. The van der Waals surface area contributed by atoms with Crippen LogP contribution in [0.25, 0.3) is 0 Å². The lowest BCUT2D eigenvalue weighted by Crippen LogP contribution is -2.40. The van der Waals surface area contributed by atoms with Crippen LogP contribution in [0.4, 0.5) is 5.69 Å². The minimum absolute atomic E-state index is 0.230. The van der Waals surface area contributed by atoms with Crippen LogP contribution in [0.1, 0.15) is 31.1 Å². The minimum Gasteiger partial charge on any atom is -0.349 e. The van der Waals surface area contributed by atoms with E-state index in [1.807, 2.05) is 25.3 Å². The number of sulfonamides is 1. The lowest BCUT2D eigenvalue weighted by molar-refractivity contribution is -0.114. The van der Waals surface area contributed by atoms with Gasteiger partial charge < -0.3 is 9.88 Å². The number of hydrogen-bond donors (Lipinski definition) is 1. The maximum atomic E-state index is 13.2. The van der Waals surface area contributed by atoms with Crippen molar-refractivity contribution in [2.24, 2.45) is 0 Å². The second-order valence-corrected chi connectivity index (χ2v) is 7.94. The van der Waals surface area contributed by atoms with Crippen LogP contribution in [-0.2, 0) is 21.4 Å². The average molecular weight is 347 g/mol. The Bertz CT molecular complexity index is 886. The molecule has 0 saturated heterocycles. The van der Waals surface area contributed by atoms with E-state index >= 15 is 0 Å². The van der Waals surface area contributed by atoms with E-state index in [1.165, 1.54) is 17.3 Å². The highest BCUT2D eigenvalue weighted by molar-refractivity contribution is 7.89. The normalized spacial score (nSPS) is 18.2. The van der Waals surface area contributed by atoms with Crippen molar-refractivity contribution in [3.8, 4) is 0 Å². The first-order valence-corrected chi connectivity index (χ1v) is 9.30. The van der Waals surface area contributed by atoms with Gasteiger partial charge in [-0.25, -0.2) is 8.42 Å². The zero-order chi connectivity index (χ0) is 17.5. The number of aryl methyl sites for hydroxylation is 1. The second kappa shape index (κ2) is 6.07. The van der Waals surface area contributed by atoms with Gasteiger partial charge in [0.05, 0.1) is 10.9 Å². The molecular formula is C17H21N3O3S. The number of nitrogens with zero attached hydrogens (tertiary/aromatic N) is 2. The molecule has 0 spiro atoms. The number of nitrogens with one attached hydrogen (secondary N) is 1. The van der Waals surface area contributed by atoms with Crippen LogP contribution in [0.2, 0.25) is 0 Å². The highest BCUT2D eigenvalue weighted by Crippen LogP contribution is 2.33. The third-order valence-electron chi connectivity index (χ3n) is 4.38. The van der Waals surface area contributed by atoms with Gasteiger partial charge in [-0.15, -0.1) is 0 Å². The molecule has 1 aliphatic heterocycles. The van der Waals surface area contributed by atoms with Crippen LogP contribution in [-0.4, -0.2) is 29.7 Å². The number of anilines is 1. The molecule has 0 aliphatic carbocycles. The Labute approximate surface area is 142 Å². The van der Waals surface area contributed by atoms with Crippen molar-refractivity contribution in [3.05, 3.63) is 47.8 Å². The van der Waals surface area contributed by atoms with Gasteiger partial charge in [-0.05, 0) is 43.7 Å². The fourth-order valence-electron chi connectivity index (χ4n) is 3.17. The summed E-state index contributed by atoms with van der Waals surface area (Å²) in [4.78, 5) is 11.5. The first kappa shape index (κ1) is 16.7. The summed E-state index contributed by atoms with van der Waals surface area (Å²) in [7, 11) is -3.65. The smallest absolute Gasteiger partial charge is 0.244 e. The molecule has 0 radical (unpaired) electrons. The lowest BCUT2D eigenvalue weighted by atomic mass is 10.2. The van der Waals surface area contributed by atoms with Crippen LogP contribution in [0.3, 0.4) is 0 Å². The second-order valence-electron chi connectivity index (χ2n) is 6.08. The number of benzene rings is 1. The van der Waals surface area contributed by atoms with Gasteiger partial charge in [0.25, 0.3) is 0 Å². The molecule has 24 heavy (non-hydrogen) atoms. The molecule has 1 aliphatic rings. The molecule has 1 atom stereocenters. The maximum absolute atomic E-state index is 13.2. The molecule has 1 aromatic heterocycles. The molecule has 2 aromatic rings. The number of amides is 1. The number of fused-ring (bicyclic) bond motifs is 1. The molecule has 0 saturated carbocycles. The molecule has 0 unspecified atom stereocenters. The van der Waals surface area contributed by atoms with Gasteiger partial charge in [-0.3, -0.25) is 4.79 Å². The number of carbonyl (C=O) groups excluding carboxylic acids is 1. The molecular weight excluding hydrogens is 326 g/mol. The van der Waals surface area contributed by atoms with E-state index in [0.29, 0.717) is 24.3 Å². The Morgan fingerprint density at radius 3 is 2.71 bits per heavy atom. The molecule has 6 nitrogen and oxygen atoms in total. The highest BCUT2D eigenvalue weighted by Gasteiger charge is 2.34. The van der Waals surface area contributed by atoms with Crippen molar-refractivity contribution < 1.29 is 13.2 Å². The lowest BCUT2D eigenvalue weighted by Gasteiger charge is -2.34. The predicted octanol–water partition coefficient (Wildman–Crippen LogP) is 2.52. The summed E-state index contributed by atoms with van der Waals surface area (Å²) in [6.07, 6.45) is 1.97. The van der Waals surface area contributed by atoms with Crippen LogP contribution in [0.15, 0.2) is 41.4 Å². The first-order valence-electron chi connectivity index (χ1n) is 7.86.